The molecule has 1 aliphatic rings. The number of carbonyl (C=O) groups is 1. The highest BCUT2D eigenvalue weighted by atomic mass is 35.5. The van der Waals surface area contributed by atoms with Crippen molar-refractivity contribution >= 4 is 39.7 Å². The Morgan fingerprint density at radius 1 is 1.19 bits per heavy atom. The SMILES string of the molecule is O=C(O)Cn1nnc(-c2cnc(N3CCN(c4ccccc4Cl)CC3)s2)n1. The first kappa shape index (κ1) is 17.7. The topological polar surface area (TPSA) is 100 Å². The lowest BCUT2D eigenvalue weighted by atomic mass is 10.2. The van der Waals surface area contributed by atoms with E-state index in [-0.39, 0.29) is 6.54 Å². The molecular formula is C16H16ClN7O2S. The second-order valence-electron chi connectivity index (χ2n) is 5.97. The van der Waals surface area contributed by atoms with E-state index in [0.717, 1.165) is 51.7 Å². The lowest BCUT2D eigenvalue weighted by molar-refractivity contribution is -0.138. The van der Waals surface area contributed by atoms with E-state index in [4.69, 9.17) is 16.7 Å². The largest absolute Gasteiger partial charge is 0.480 e. The minimum Gasteiger partial charge on any atom is -0.480 e. The molecular weight excluding hydrogens is 390 g/mol. The number of tetrazole rings is 1. The highest BCUT2D eigenvalue weighted by Gasteiger charge is 2.22. The Morgan fingerprint density at radius 3 is 2.67 bits per heavy atom. The third kappa shape index (κ3) is 3.86. The predicted molar refractivity (Wildman–Crippen MR) is 102 cm³/mol. The Kier molecular flexibility index (Phi) is 4.90. The van der Waals surface area contributed by atoms with E-state index in [1.54, 1.807) is 6.20 Å². The lowest BCUT2D eigenvalue weighted by Crippen LogP contribution is -2.46. The van der Waals surface area contributed by atoms with Crippen molar-refractivity contribution in [2.24, 2.45) is 0 Å². The molecule has 3 aromatic rings. The quantitative estimate of drug-likeness (QED) is 0.686. The van der Waals surface area contributed by atoms with Crippen LogP contribution < -0.4 is 9.80 Å². The summed E-state index contributed by atoms with van der Waals surface area (Å²) < 4.78 is 0. The minimum atomic E-state index is -1.01. The van der Waals surface area contributed by atoms with Gasteiger partial charge in [0.15, 0.2) is 11.7 Å². The molecule has 2 aromatic heterocycles. The number of halogens is 1. The summed E-state index contributed by atoms with van der Waals surface area (Å²) in [7, 11) is 0. The molecule has 1 fully saturated rings. The second kappa shape index (κ2) is 7.49. The Hall–Kier alpha value is -2.72. The number of thiazole rings is 1. The van der Waals surface area contributed by atoms with Crippen molar-refractivity contribution in [1.82, 2.24) is 25.2 Å². The molecule has 140 valence electrons. The van der Waals surface area contributed by atoms with Gasteiger partial charge in [0, 0.05) is 26.2 Å². The van der Waals surface area contributed by atoms with E-state index >= 15 is 0 Å². The van der Waals surface area contributed by atoms with Gasteiger partial charge < -0.3 is 14.9 Å². The molecule has 11 heteroatoms. The van der Waals surface area contributed by atoms with Crippen LogP contribution >= 0.6 is 22.9 Å². The summed E-state index contributed by atoms with van der Waals surface area (Å²) in [5.41, 5.74) is 1.05. The first-order chi connectivity index (χ1) is 13.1. The van der Waals surface area contributed by atoms with Crippen LogP contribution in [0.25, 0.3) is 10.7 Å². The molecule has 0 atom stereocenters. The number of aromatic nitrogens is 5. The van der Waals surface area contributed by atoms with Crippen LogP contribution in [0.2, 0.25) is 5.02 Å². The summed E-state index contributed by atoms with van der Waals surface area (Å²) in [5, 5.41) is 22.2. The maximum atomic E-state index is 10.7. The summed E-state index contributed by atoms with van der Waals surface area (Å²) in [6.45, 7) is 3.05. The Balaban J connectivity index is 1.42. The molecule has 9 nitrogen and oxygen atoms in total. The van der Waals surface area contributed by atoms with Crippen molar-refractivity contribution in [3.05, 3.63) is 35.5 Å². The van der Waals surface area contributed by atoms with Crippen LogP contribution in [0, 0.1) is 0 Å². The standard InChI is InChI=1S/C16H16ClN7O2S/c17-11-3-1-2-4-12(11)22-5-7-23(8-6-22)16-18-9-13(27-16)15-19-21-24(20-15)10-14(25)26/h1-4,9H,5-8,10H2,(H,25,26). The van der Waals surface area contributed by atoms with Gasteiger partial charge in [0.2, 0.25) is 5.82 Å². The Morgan fingerprint density at radius 2 is 1.93 bits per heavy atom. The molecule has 1 N–H and O–H groups in total. The molecule has 27 heavy (non-hydrogen) atoms. The molecule has 0 unspecified atom stereocenters. The minimum absolute atomic E-state index is 0.317. The van der Waals surface area contributed by atoms with E-state index in [9.17, 15) is 4.79 Å². The maximum Gasteiger partial charge on any atom is 0.327 e. The zero-order valence-electron chi connectivity index (χ0n) is 14.2. The normalized spacial score (nSPS) is 14.6. The number of carboxylic acid groups (broad SMARTS) is 1. The fraction of sp³-hybridized carbons (Fsp3) is 0.312. The first-order valence-electron chi connectivity index (χ1n) is 8.30. The fourth-order valence-electron chi connectivity index (χ4n) is 2.89. The third-order valence-electron chi connectivity index (χ3n) is 4.19. The number of rotatable bonds is 5. The lowest BCUT2D eigenvalue weighted by Gasteiger charge is -2.36. The summed E-state index contributed by atoms with van der Waals surface area (Å²) in [4.78, 5) is 21.5. The van der Waals surface area contributed by atoms with Gasteiger partial charge in [0.05, 0.1) is 21.8 Å². The van der Waals surface area contributed by atoms with Gasteiger partial charge in [-0.25, -0.2) is 4.98 Å². The summed E-state index contributed by atoms with van der Waals surface area (Å²) in [6, 6.07) is 7.86. The fourth-order valence-corrected chi connectivity index (χ4v) is 4.04. The van der Waals surface area contributed by atoms with E-state index in [1.165, 1.54) is 11.3 Å². The third-order valence-corrected chi connectivity index (χ3v) is 5.56. The van der Waals surface area contributed by atoms with E-state index in [0.29, 0.717) is 5.82 Å². The number of piperazine rings is 1. The van der Waals surface area contributed by atoms with Crippen molar-refractivity contribution in [1.29, 1.82) is 0 Å². The molecule has 1 saturated heterocycles. The molecule has 0 aliphatic carbocycles. The molecule has 0 radical (unpaired) electrons. The van der Waals surface area contributed by atoms with Crippen LogP contribution in [-0.4, -0.2) is 62.4 Å². The first-order valence-corrected chi connectivity index (χ1v) is 9.50. The van der Waals surface area contributed by atoms with Crippen molar-refractivity contribution in [2.45, 2.75) is 6.54 Å². The van der Waals surface area contributed by atoms with Crippen LogP contribution in [0.1, 0.15) is 0 Å². The predicted octanol–water partition coefficient (Wildman–Crippen LogP) is 1.86. The van der Waals surface area contributed by atoms with Crippen molar-refractivity contribution in [2.75, 3.05) is 36.0 Å². The Labute approximate surface area is 163 Å². The Bertz CT molecular complexity index is 952. The van der Waals surface area contributed by atoms with Crippen LogP contribution in [0.5, 0.6) is 0 Å². The van der Waals surface area contributed by atoms with Gasteiger partial charge in [-0.05, 0) is 17.3 Å². The molecule has 0 spiro atoms. The van der Waals surface area contributed by atoms with Gasteiger partial charge >= 0.3 is 5.97 Å². The van der Waals surface area contributed by atoms with Gasteiger partial charge in [-0.3, -0.25) is 4.79 Å². The summed E-state index contributed by atoms with van der Waals surface area (Å²) >= 11 is 7.76. The van der Waals surface area contributed by atoms with Crippen molar-refractivity contribution in [3.63, 3.8) is 0 Å². The van der Waals surface area contributed by atoms with Crippen LogP contribution in [0.3, 0.4) is 0 Å². The van der Waals surface area contributed by atoms with Gasteiger partial charge in [-0.15, -0.1) is 10.2 Å². The van der Waals surface area contributed by atoms with Crippen LogP contribution in [0.15, 0.2) is 30.5 Å². The highest BCUT2D eigenvalue weighted by Crippen LogP contribution is 2.31. The number of hydrogen-bond acceptors (Lipinski definition) is 8. The summed E-state index contributed by atoms with van der Waals surface area (Å²) in [5.74, 6) is -0.630. The smallest absolute Gasteiger partial charge is 0.327 e. The van der Waals surface area contributed by atoms with Crippen molar-refractivity contribution < 1.29 is 9.90 Å². The van der Waals surface area contributed by atoms with Crippen LogP contribution in [-0.2, 0) is 11.3 Å². The molecule has 1 aliphatic heterocycles. The van der Waals surface area contributed by atoms with Gasteiger partial charge in [-0.2, -0.15) is 4.80 Å². The number of hydrogen-bond donors (Lipinski definition) is 1. The number of aliphatic carboxylic acids is 1. The maximum absolute atomic E-state index is 10.7. The zero-order valence-corrected chi connectivity index (χ0v) is 15.8. The molecule has 0 amide bonds. The summed E-state index contributed by atoms with van der Waals surface area (Å²) in [6.07, 6.45) is 1.70. The molecule has 1 aromatic carbocycles. The zero-order chi connectivity index (χ0) is 18.8. The number of anilines is 2. The van der Waals surface area contributed by atoms with E-state index < -0.39 is 5.97 Å². The molecule has 0 bridgehead atoms. The highest BCUT2D eigenvalue weighted by molar-refractivity contribution is 7.18. The second-order valence-corrected chi connectivity index (χ2v) is 7.39. The molecule has 4 rings (SSSR count). The number of para-hydroxylation sites is 1. The number of benzene rings is 1. The monoisotopic (exact) mass is 405 g/mol. The van der Waals surface area contributed by atoms with E-state index in [1.807, 2.05) is 24.3 Å². The average molecular weight is 406 g/mol. The van der Waals surface area contributed by atoms with Gasteiger partial charge in [0.1, 0.15) is 0 Å². The number of nitrogens with zero attached hydrogens (tertiary/aromatic N) is 7. The van der Waals surface area contributed by atoms with Gasteiger partial charge in [0.25, 0.3) is 0 Å². The van der Waals surface area contributed by atoms with Gasteiger partial charge in [-0.1, -0.05) is 35.1 Å². The molecule has 0 saturated carbocycles. The average Bonchev–Trinajstić information content (AvgIpc) is 3.31. The van der Waals surface area contributed by atoms with Crippen molar-refractivity contribution in [3.8, 4) is 10.7 Å². The van der Waals surface area contributed by atoms with E-state index in [2.05, 4.69) is 30.2 Å². The van der Waals surface area contributed by atoms with Crippen LogP contribution in [0.4, 0.5) is 10.8 Å². The number of carboxylic acids is 1. The molecule has 3 heterocycles.